The van der Waals surface area contributed by atoms with Crippen LogP contribution in [0.4, 0.5) is 0 Å². The minimum Gasteiger partial charge on any atom is -0.457 e. The largest absolute Gasteiger partial charge is 0.472 e. The Labute approximate surface area is 281 Å². The van der Waals surface area contributed by atoms with Gasteiger partial charge in [0.15, 0.2) is 0 Å². The van der Waals surface area contributed by atoms with Crippen LogP contribution >= 0.6 is 7.82 Å². The summed E-state index contributed by atoms with van der Waals surface area (Å²) < 4.78 is 33.2. The third-order valence-electron chi connectivity index (χ3n) is 7.95. The van der Waals surface area contributed by atoms with Crippen LogP contribution in [-0.4, -0.2) is 66.3 Å². The first-order valence-electron chi connectivity index (χ1n) is 18.7. The molecule has 0 spiro atoms. The third kappa shape index (κ3) is 33.1. The molecule has 0 aliphatic rings. The highest BCUT2D eigenvalue weighted by molar-refractivity contribution is 7.47. The van der Waals surface area contributed by atoms with Gasteiger partial charge in [0.05, 0.1) is 26.4 Å². The molecule has 0 saturated carbocycles. The average Bonchev–Trinajstić information content (AvgIpc) is 3.04. The van der Waals surface area contributed by atoms with E-state index in [-0.39, 0.29) is 19.6 Å². The van der Waals surface area contributed by atoms with Crippen molar-refractivity contribution in [3.05, 3.63) is 12.2 Å². The van der Waals surface area contributed by atoms with Crippen molar-refractivity contribution in [3.63, 3.8) is 0 Å². The van der Waals surface area contributed by atoms with Crippen LogP contribution in [0, 0.1) is 0 Å². The molecular weight excluding hydrogens is 607 g/mol. The van der Waals surface area contributed by atoms with Crippen LogP contribution in [0.5, 0.6) is 0 Å². The molecule has 3 unspecified atom stereocenters. The number of aliphatic hydroxyl groups is 2. The molecule has 0 rings (SSSR count). The van der Waals surface area contributed by atoms with Gasteiger partial charge in [0, 0.05) is 13.0 Å². The molecule has 3 N–H and O–H groups in total. The summed E-state index contributed by atoms with van der Waals surface area (Å²) in [5.74, 6) is -0.391. The molecule has 0 heterocycles. The standard InChI is InChI=1S/C36H71O9P/c1-3-5-7-9-11-13-15-17-19-21-23-25-27-29-42-32-35(33-44-46(40,41)43-31-34(38)30-37)45-36(39)28-26-24-22-20-18-16-14-12-10-8-6-4-2/h12,14,34-35,37-38H,3-11,13,15-33H2,1-2H3,(H,40,41)/b14-12-. The van der Waals surface area contributed by atoms with Crippen LogP contribution in [0.15, 0.2) is 12.2 Å². The Hall–Kier alpha value is -0.800. The minimum absolute atomic E-state index is 0.0508. The molecule has 0 aromatic rings. The number of phosphoric ester groups is 1. The van der Waals surface area contributed by atoms with E-state index in [4.69, 9.17) is 23.6 Å². The van der Waals surface area contributed by atoms with Crippen molar-refractivity contribution in [3.8, 4) is 0 Å². The van der Waals surface area contributed by atoms with E-state index in [9.17, 15) is 19.4 Å². The number of carbonyl (C=O) groups excluding carboxylic acids is 1. The number of ether oxygens (including phenoxy) is 2. The molecule has 0 aromatic heterocycles. The Balaban J connectivity index is 4.24. The highest BCUT2D eigenvalue weighted by atomic mass is 31.2. The number of hydrogen-bond acceptors (Lipinski definition) is 8. The maximum Gasteiger partial charge on any atom is 0.472 e. The quantitative estimate of drug-likeness (QED) is 0.0257. The normalized spacial score (nSPS) is 14.5. The second-order valence-corrected chi connectivity index (χ2v) is 14.1. The summed E-state index contributed by atoms with van der Waals surface area (Å²) >= 11 is 0. The molecule has 0 amide bonds. The number of hydrogen-bond donors (Lipinski definition) is 3. The average molecular weight is 679 g/mol. The van der Waals surface area contributed by atoms with E-state index < -0.39 is 39.2 Å². The molecule has 10 heteroatoms. The van der Waals surface area contributed by atoms with Crippen LogP contribution in [0.2, 0.25) is 0 Å². The van der Waals surface area contributed by atoms with Gasteiger partial charge in [0.25, 0.3) is 0 Å². The zero-order chi connectivity index (χ0) is 34.0. The van der Waals surface area contributed by atoms with E-state index in [1.807, 2.05) is 0 Å². The van der Waals surface area contributed by atoms with Crippen LogP contribution < -0.4 is 0 Å². The molecular formula is C36H71O9P. The maximum atomic E-state index is 12.5. The number of unbranched alkanes of at least 4 members (excludes halogenated alkanes) is 20. The maximum absolute atomic E-state index is 12.5. The predicted octanol–water partition coefficient (Wildman–Crippen LogP) is 9.36. The molecule has 0 fully saturated rings. The van der Waals surface area contributed by atoms with Crippen molar-refractivity contribution < 1.29 is 43.0 Å². The number of phosphoric acid groups is 1. The van der Waals surface area contributed by atoms with Crippen molar-refractivity contribution in [2.24, 2.45) is 0 Å². The third-order valence-corrected chi connectivity index (χ3v) is 8.90. The second-order valence-electron chi connectivity index (χ2n) is 12.6. The molecule has 0 saturated heterocycles. The van der Waals surface area contributed by atoms with E-state index in [1.165, 1.54) is 96.3 Å². The summed E-state index contributed by atoms with van der Waals surface area (Å²) in [7, 11) is -4.50. The Kier molecular flexibility index (Phi) is 33.5. The van der Waals surface area contributed by atoms with E-state index in [1.54, 1.807) is 0 Å². The van der Waals surface area contributed by atoms with E-state index in [0.717, 1.165) is 51.4 Å². The van der Waals surface area contributed by atoms with Crippen LogP contribution in [-0.2, 0) is 27.9 Å². The molecule has 0 bridgehead atoms. The summed E-state index contributed by atoms with van der Waals surface area (Å²) in [5.41, 5.74) is 0. The number of aliphatic hydroxyl groups excluding tert-OH is 2. The van der Waals surface area contributed by atoms with Gasteiger partial charge < -0.3 is 24.6 Å². The first kappa shape index (κ1) is 45.2. The fraction of sp³-hybridized carbons (Fsp3) is 0.917. The smallest absolute Gasteiger partial charge is 0.457 e. The summed E-state index contributed by atoms with van der Waals surface area (Å²) in [6, 6.07) is 0. The predicted molar refractivity (Wildman–Crippen MR) is 187 cm³/mol. The van der Waals surface area contributed by atoms with Gasteiger partial charge in [-0.3, -0.25) is 13.8 Å². The number of carbonyl (C=O) groups is 1. The Morgan fingerprint density at radius 3 is 1.67 bits per heavy atom. The number of allylic oxidation sites excluding steroid dienone is 2. The zero-order valence-corrected chi connectivity index (χ0v) is 30.4. The molecule has 0 aromatic carbocycles. The van der Waals surface area contributed by atoms with Crippen molar-refractivity contribution in [2.75, 3.05) is 33.0 Å². The lowest BCUT2D eigenvalue weighted by Crippen LogP contribution is -2.29. The lowest BCUT2D eigenvalue weighted by Gasteiger charge is -2.20. The highest BCUT2D eigenvalue weighted by Crippen LogP contribution is 2.43. The lowest BCUT2D eigenvalue weighted by molar-refractivity contribution is -0.154. The van der Waals surface area contributed by atoms with Crippen LogP contribution in [0.3, 0.4) is 0 Å². The Morgan fingerprint density at radius 2 is 1.11 bits per heavy atom. The molecule has 46 heavy (non-hydrogen) atoms. The molecule has 0 radical (unpaired) electrons. The van der Waals surface area contributed by atoms with E-state index in [0.29, 0.717) is 6.61 Å². The monoisotopic (exact) mass is 678 g/mol. The van der Waals surface area contributed by atoms with Crippen LogP contribution in [0.25, 0.3) is 0 Å². The highest BCUT2D eigenvalue weighted by Gasteiger charge is 2.26. The van der Waals surface area contributed by atoms with Gasteiger partial charge in [-0.2, -0.15) is 0 Å². The molecule has 9 nitrogen and oxygen atoms in total. The van der Waals surface area contributed by atoms with Gasteiger partial charge in [-0.1, -0.05) is 135 Å². The van der Waals surface area contributed by atoms with Crippen molar-refractivity contribution >= 4 is 13.8 Å². The fourth-order valence-corrected chi connectivity index (χ4v) is 5.84. The first-order chi connectivity index (χ1) is 22.3. The van der Waals surface area contributed by atoms with Crippen molar-refractivity contribution in [1.82, 2.24) is 0 Å². The first-order valence-corrected chi connectivity index (χ1v) is 20.2. The number of esters is 1. The van der Waals surface area contributed by atoms with Crippen LogP contribution in [0.1, 0.15) is 168 Å². The van der Waals surface area contributed by atoms with Gasteiger partial charge in [-0.25, -0.2) is 4.57 Å². The minimum atomic E-state index is -4.50. The Bertz CT molecular complexity index is 734. The fourth-order valence-electron chi connectivity index (χ4n) is 5.05. The molecule has 274 valence electrons. The van der Waals surface area contributed by atoms with Gasteiger partial charge in [-0.05, 0) is 38.5 Å². The van der Waals surface area contributed by atoms with Crippen molar-refractivity contribution in [1.29, 1.82) is 0 Å². The van der Waals surface area contributed by atoms with Crippen molar-refractivity contribution in [2.45, 2.75) is 180 Å². The molecule has 0 aliphatic carbocycles. The lowest BCUT2D eigenvalue weighted by atomic mass is 10.0. The van der Waals surface area contributed by atoms with Gasteiger partial charge in [0.1, 0.15) is 12.2 Å². The van der Waals surface area contributed by atoms with Gasteiger partial charge in [0.2, 0.25) is 0 Å². The molecule has 0 aliphatic heterocycles. The van der Waals surface area contributed by atoms with Gasteiger partial charge >= 0.3 is 13.8 Å². The zero-order valence-electron chi connectivity index (χ0n) is 29.6. The van der Waals surface area contributed by atoms with E-state index in [2.05, 4.69) is 26.0 Å². The summed E-state index contributed by atoms with van der Waals surface area (Å²) in [4.78, 5) is 22.4. The summed E-state index contributed by atoms with van der Waals surface area (Å²) in [6.45, 7) is 3.49. The Morgan fingerprint density at radius 1 is 0.652 bits per heavy atom. The topological polar surface area (TPSA) is 132 Å². The van der Waals surface area contributed by atoms with E-state index >= 15 is 0 Å². The van der Waals surface area contributed by atoms with Gasteiger partial charge in [-0.15, -0.1) is 0 Å². The second kappa shape index (κ2) is 34.1. The summed E-state index contributed by atoms with van der Waals surface area (Å²) in [5, 5.41) is 18.3. The molecule has 3 atom stereocenters. The number of rotatable bonds is 36. The SMILES string of the molecule is CCCCC/C=C\CCCCCCCC(=O)OC(COCCCCCCCCCCCCCCC)COP(=O)(O)OCC(O)CO. The summed E-state index contributed by atoms with van der Waals surface area (Å²) in [6.07, 6.45) is 30.2.